The Morgan fingerprint density at radius 2 is 0.703 bits per heavy atom. The number of ether oxygens (including phenoxy) is 2. The SMILES string of the molecule is CCCCCCCCCCCCCCCCCCCCC(=O)OC(COC(=O)CCCCCCCCCCCCCCCCCCC)COP(=O)(O)OC1C(O)C(O)C(O)C(O)C1O. The zero-order valence-electron chi connectivity index (χ0n) is 40.6. The molecule has 1 fully saturated rings. The molecule has 1 saturated carbocycles. The second kappa shape index (κ2) is 40.9. The standard InChI is InChI=1S/C50H97O13P/c1-3-5-7-9-11-13-15-17-19-21-23-25-27-29-31-33-35-37-39-44(52)62-42(41-61-64(58,59)63-50-48(56)46(54)45(53)47(55)49(50)57)40-60-43(51)38-36-34-32-30-28-26-24-22-20-18-16-14-12-10-8-6-4-2/h42,45-50,53-57H,3-41H2,1-2H3,(H,58,59). The third-order valence-electron chi connectivity index (χ3n) is 12.7. The van der Waals surface area contributed by atoms with Crippen molar-refractivity contribution in [2.45, 2.75) is 294 Å². The maximum absolute atomic E-state index is 12.8. The summed E-state index contributed by atoms with van der Waals surface area (Å²) in [5, 5.41) is 50.3. The third-order valence-corrected chi connectivity index (χ3v) is 13.7. The first-order valence-electron chi connectivity index (χ1n) is 26.3. The summed E-state index contributed by atoms with van der Waals surface area (Å²) in [5.74, 6) is -1.08. The second-order valence-corrected chi connectivity index (χ2v) is 20.2. The number of carbonyl (C=O) groups excluding carboxylic acids is 2. The van der Waals surface area contributed by atoms with E-state index in [-0.39, 0.29) is 12.8 Å². The molecule has 0 aromatic heterocycles. The summed E-state index contributed by atoms with van der Waals surface area (Å²) in [5.41, 5.74) is 0. The van der Waals surface area contributed by atoms with Gasteiger partial charge < -0.3 is 39.9 Å². The van der Waals surface area contributed by atoms with E-state index >= 15 is 0 Å². The fourth-order valence-corrected chi connectivity index (χ4v) is 9.44. The van der Waals surface area contributed by atoms with Crippen molar-refractivity contribution in [3.05, 3.63) is 0 Å². The number of aliphatic hydroxyl groups is 5. The van der Waals surface area contributed by atoms with Gasteiger partial charge in [0, 0.05) is 12.8 Å². The molecule has 0 aromatic carbocycles. The van der Waals surface area contributed by atoms with E-state index < -0.39 is 75.7 Å². The van der Waals surface area contributed by atoms with Crippen LogP contribution in [0.5, 0.6) is 0 Å². The monoisotopic (exact) mass is 937 g/mol. The Hall–Kier alpha value is -1.15. The number of carbonyl (C=O) groups is 2. The minimum absolute atomic E-state index is 0.105. The Bertz CT molecular complexity index is 1130. The summed E-state index contributed by atoms with van der Waals surface area (Å²) in [6.07, 6.45) is 30.0. The lowest BCUT2D eigenvalue weighted by atomic mass is 9.85. The lowest BCUT2D eigenvalue weighted by Crippen LogP contribution is -2.64. The number of phosphoric ester groups is 1. The predicted octanol–water partition coefficient (Wildman–Crippen LogP) is 11.2. The normalized spacial score (nSPS) is 21.4. The maximum Gasteiger partial charge on any atom is 0.472 e. The number of aliphatic hydroxyl groups excluding tert-OH is 5. The van der Waals surface area contributed by atoms with Crippen LogP contribution in [0.1, 0.15) is 251 Å². The van der Waals surface area contributed by atoms with E-state index in [0.29, 0.717) is 12.8 Å². The minimum atomic E-state index is -5.11. The molecule has 14 heteroatoms. The van der Waals surface area contributed by atoms with Crippen LogP contribution in [0.2, 0.25) is 0 Å². The molecule has 6 N–H and O–H groups in total. The summed E-state index contributed by atoms with van der Waals surface area (Å²) < 4.78 is 33.7. The molecule has 0 saturated heterocycles. The van der Waals surface area contributed by atoms with Crippen molar-refractivity contribution < 1.29 is 63.1 Å². The number of hydrogen-bond acceptors (Lipinski definition) is 12. The van der Waals surface area contributed by atoms with Crippen molar-refractivity contribution in [1.29, 1.82) is 0 Å². The van der Waals surface area contributed by atoms with Crippen molar-refractivity contribution in [2.75, 3.05) is 13.2 Å². The van der Waals surface area contributed by atoms with Crippen LogP contribution in [0.25, 0.3) is 0 Å². The van der Waals surface area contributed by atoms with Gasteiger partial charge in [0.2, 0.25) is 0 Å². The largest absolute Gasteiger partial charge is 0.472 e. The quantitative estimate of drug-likeness (QED) is 0.0191. The molecule has 0 bridgehead atoms. The van der Waals surface area contributed by atoms with Crippen LogP contribution in [0.4, 0.5) is 0 Å². The van der Waals surface area contributed by atoms with Gasteiger partial charge >= 0.3 is 19.8 Å². The highest BCUT2D eigenvalue weighted by molar-refractivity contribution is 7.47. The zero-order valence-corrected chi connectivity index (χ0v) is 41.5. The first-order chi connectivity index (χ1) is 30.9. The smallest absolute Gasteiger partial charge is 0.462 e. The van der Waals surface area contributed by atoms with Crippen molar-refractivity contribution >= 4 is 19.8 Å². The van der Waals surface area contributed by atoms with Crippen molar-refractivity contribution in [3.8, 4) is 0 Å². The molecule has 6 atom stereocenters. The molecule has 1 rings (SSSR count). The highest BCUT2D eigenvalue weighted by Gasteiger charge is 2.51. The van der Waals surface area contributed by atoms with E-state index in [4.69, 9.17) is 18.5 Å². The summed E-state index contributed by atoms with van der Waals surface area (Å²) in [6, 6.07) is 0. The lowest BCUT2D eigenvalue weighted by Gasteiger charge is -2.41. The Morgan fingerprint density at radius 1 is 0.422 bits per heavy atom. The van der Waals surface area contributed by atoms with E-state index in [9.17, 15) is 44.6 Å². The van der Waals surface area contributed by atoms with Gasteiger partial charge in [-0.1, -0.05) is 226 Å². The second-order valence-electron chi connectivity index (χ2n) is 18.7. The molecule has 380 valence electrons. The van der Waals surface area contributed by atoms with Crippen LogP contribution in [0.3, 0.4) is 0 Å². The van der Waals surface area contributed by atoms with E-state index in [0.717, 1.165) is 38.5 Å². The summed E-state index contributed by atoms with van der Waals surface area (Å²) in [4.78, 5) is 35.8. The number of unbranched alkanes of at least 4 members (excludes halogenated alkanes) is 33. The molecular weight excluding hydrogens is 840 g/mol. The zero-order chi connectivity index (χ0) is 47.1. The van der Waals surface area contributed by atoms with E-state index in [1.165, 1.54) is 173 Å². The van der Waals surface area contributed by atoms with E-state index in [1.807, 2.05) is 0 Å². The number of rotatable bonds is 45. The molecule has 13 nitrogen and oxygen atoms in total. The summed E-state index contributed by atoms with van der Waals surface area (Å²) >= 11 is 0. The first kappa shape index (κ1) is 60.9. The van der Waals surface area contributed by atoms with Gasteiger partial charge in [0.25, 0.3) is 0 Å². The van der Waals surface area contributed by atoms with Crippen LogP contribution >= 0.6 is 7.82 Å². The molecule has 0 spiro atoms. The Balaban J connectivity index is 2.37. The molecule has 1 aliphatic carbocycles. The average molecular weight is 937 g/mol. The van der Waals surface area contributed by atoms with Crippen molar-refractivity contribution in [2.24, 2.45) is 0 Å². The lowest BCUT2D eigenvalue weighted by molar-refractivity contribution is -0.220. The highest BCUT2D eigenvalue weighted by Crippen LogP contribution is 2.47. The number of hydrogen-bond donors (Lipinski definition) is 6. The topological polar surface area (TPSA) is 210 Å². The van der Waals surface area contributed by atoms with Gasteiger partial charge in [-0.2, -0.15) is 0 Å². The van der Waals surface area contributed by atoms with Crippen molar-refractivity contribution in [1.82, 2.24) is 0 Å². The summed E-state index contributed by atoms with van der Waals surface area (Å²) in [6.45, 7) is 3.36. The van der Waals surface area contributed by atoms with Gasteiger partial charge in [0.05, 0.1) is 6.61 Å². The molecule has 0 aromatic rings. The van der Waals surface area contributed by atoms with Crippen LogP contribution in [-0.4, -0.2) is 98.3 Å². The average Bonchev–Trinajstić information content (AvgIpc) is 3.28. The first-order valence-corrected chi connectivity index (χ1v) is 27.8. The van der Waals surface area contributed by atoms with Crippen LogP contribution in [0, 0.1) is 0 Å². The molecule has 0 aliphatic heterocycles. The van der Waals surface area contributed by atoms with Gasteiger partial charge in [0.1, 0.15) is 43.2 Å². The van der Waals surface area contributed by atoms with Gasteiger partial charge in [-0.25, -0.2) is 4.57 Å². The van der Waals surface area contributed by atoms with Crippen LogP contribution in [-0.2, 0) is 32.7 Å². The molecule has 0 amide bonds. The molecule has 0 heterocycles. The van der Waals surface area contributed by atoms with Gasteiger partial charge in [-0.3, -0.25) is 18.6 Å². The molecule has 1 aliphatic rings. The predicted molar refractivity (Wildman–Crippen MR) is 254 cm³/mol. The van der Waals surface area contributed by atoms with Gasteiger partial charge in [-0.15, -0.1) is 0 Å². The molecule has 0 radical (unpaired) electrons. The highest BCUT2D eigenvalue weighted by atomic mass is 31.2. The fraction of sp³-hybridized carbons (Fsp3) is 0.960. The molecule has 6 unspecified atom stereocenters. The van der Waals surface area contributed by atoms with Gasteiger partial charge in [-0.05, 0) is 12.8 Å². The van der Waals surface area contributed by atoms with Crippen molar-refractivity contribution in [3.63, 3.8) is 0 Å². The van der Waals surface area contributed by atoms with Crippen LogP contribution < -0.4 is 0 Å². The fourth-order valence-electron chi connectivity index (χ4n) is 8.47. The molecule has 64 heavy (non-hydrogen) atoms. The Morgan fingerprint density at radius 3 is 1.03 bits per heavy atom. The minimum Gasteiger partial charge on any atom is -0.462 e. The Kier molecular flexibility index (Phi) is 38.9. The van der Waals surface area contributed by atoms with E-state index in [2.05, 4.69) is 13.8 Å². The number of phosphoric acid groups is 1. The Labute approximate surface area is 389 Å². The maximum atomic E-state index is 12.8. The summed E-state index contributed by atoms with van der Waals surface area (Å²) in [7, 11) is -5.11. The van der Waals surface area contributed by atoms with Crippen LogP contribution in [0.15, 0.2) is 0 Å². The third kappa shape index (κ3) is 32.5. The number of esters is 2. The van der Waals surface area contributed by atoms with E-state index in [1.54, 1.807) is 0 Å². The van der Waals surface area contributed by atoms with Gasteiger partial charge in [0.15, 0.2) is 6.10 Å². The molecular formula is C50H97O13P.